The molecule has 3 heteroatoms. The molecule has 1 heterocycles. The molecule has 0 amide bonds. The number of benzene rings is 1. The van der Waals surface area contributed by atoms with Crippen molar-refractivity contribution in [3.8, 4) is 11.6 Å². The summed E-state index contributed by atoms with van der Waals surface area (Å²) in [4.78, 5) is 4.21. The third-order valence-corrected chi connectivity index (χ3v) is 3.01. The van der Waals surface area contributed by atoms with Gasteiger partial charge in [-0.3, -0.25) is 0 Å². The monoisotopic (exact) mass is 242 g/mol. The number of hydrogen-bond acceptors (Lipinski definition) is 3. The molecule has 0 atom stereocenters. The van der Waals surface area contributed by atoms with Gasteiger partial charge in [0.25, 0.3) is 0 Å². The first-order valence-corrected chi connectivity index (χ1v) is 6.01. The molecule has 2 rings (SSSR count). The summed E-state index contributed by atoms with van der Waals surface area (Å²) in [5, 5.41) is 0. The lowest BCUT2D eigenvalue weighted by Crippen LogP contribution is -1.98. The van der Waals surface area contributed by atoms with Crippen molar-refractivity contribution in [1.82, 2.24) is 4.98 Å². The summed E-state index contributed by atoms with van der Waals surface area (Å²) in [6.45, 7) is 6.68. The van der Waals surface area contributed by atoms with E-state index in [9.17, 15) is 0 Å². The first-order chi connectivity index (χ1) is 8.60. The number of nitrogens with zero attached hydrogens (tertiary/aromatic N) is 1. The summed E-state index contributed by atoms with van der Waals surface area (Å²) >= 11 is 0. The van der Waals surface area contributed by atoms with E-state index in [2.05, 4.69) is 31.8 Å². The SMILES string of the molecule is Cc1cc(C)c(C)c(Oc2cc(CN)ccn2)c1. The summed E-state index contributed by atoms with van der Waals surface area (Å²) < 4.78 is 5.85. The number of nitrogens with two attached hydrogens (primary N) is 1. The van der Waals surface area contributed by atoms with E-state index < -0.39 is 0 Å². The van der Waals surface area contributed by atoms with E-state index in [1.165, 1.54) is 11.1 Å². The maximum atomic E-state index is 5.85. The van der Waals surface area contributed by atoms with Crippen LogP contribution in [-0.4, -0.2) is 4.98 Å². The van der Waals surface area contributed by atoms with Crippen LogP contribution in [0.5, 0.6) is 11.6 Å². The van der Waals surface area contributed by atoms with E-state index in [0.29, 0.717) is 12.4 Å². The molecule has 94 valence electrons. The van der Waals surface area contributed by atoms with Crippen LogP contribution in [0.3, 0.4) is 0 Å². The Kier molecular flexibility index (Phi) is 3.63. The standard InChI is InChI=1S/C15H18N2O/c1-10-6-11(2)12(3)14(7-10)18-15-8-13(9-16)4-5-17-15/h4-8H,9,16H2,1-3H3. The number of rotatable bonds is 3. The predicted molar refractivity (Wildman–Crippen MR) is 72.9 cm³/mol. The molecule has 0 radical (unpaired) electrons. The highest BCUT2D eigenvalue weighted by molar-refractivity contribution is 5.43. The first-order valence-electron chi connectivity index (χ1n) is 6.01. The number of hydrogen-bond donors (Lipinski definition) is 1. The molecule has 1 aromatic heterocycles. The van der Waals surface area contributed by atoms with Gasteiger partial charge in [0.15, 0.2) is 0 Å². The second-order valence-corrected chi connectivity index (χ2v) is 4.51. The van der Waals surface area contributed by atoms with E-state index in [0.717, 1.165) is 16.9 Å². The van der Waals surface area contributed by atoms with Gasteiger partial charge in [0, 0.05) is 18.8 Å². The van der Waals surface area contributed by atoms with E-state index in [1.807, 2.05) is 18.2 Å². The van der Waals surface area contributed by atoms with Crippen LogP contribution in [0, 0.1) is 20.8 Å². The number of aromatic nitrogens is 1. The Morgan fingerprint density at radius 1 is 1.17 bits per heavy atom. The third kappa shape index (κ3) is 2.68. The Morgan fingerprint density at radius 2 is 1.94 bits per heavy atom. The average molecular weight is 242 g/mol. The van der Waals surface area contributed by atoms with Crippen molar-refractivity contribution >= 4 is 0 Å². The third-order valence-electron chi connectivity index (χ3n) is 3.01. The van der Waals surface area contributed by atoms with Crippen molar-refractivity contribution in [3.63, 3.8) is 0 Å². The fourth-order valence-electron chi connectivity index (χ4n) is 1.85. The summed E-state index contributed by atoms with van der Waals surface area (Å²) in [7, 11) is 0. The predicted octanol–water partition coefficient (Wildman–Crippen LogP) is 3.26. The highest BCUT2D eigenvalue weighted by atomic mass is 16.5. The van der Waals surface area contributed by atoms with Crippen LogP contribution in [0.4, 0.5) is 0 Å². The summed E-state index contributed by atoms with van der Waals surface area (Å²) in [6.07, 6.45) is 1.72. The van der Waals surface area contributed by atoms with E-state index >= 15 is 0 Å². The smallest absolute Gasteiger partial charge is 0.219 e. The Balaban J connectivity index is 2.33. The second kappa shape index (κ2) is 5.19. The van der Waals surface area contributed by atoms with Gasteiger partial charge in [-0.05, 0) is 55.2 Å². The maximum Gasteiger partial charge on any atom is 0.219 e. The molecule has 0 aliphatic carbocycles. The molecular weight excluding hydrogens is 224 g/mol. The molecule has 3 nitrogen and oxygen atoms in total. The average Bonchev–Trinajstić information content (AvgIpc) is 2.35. The normalized spacial score (nSPS) is 10.4. The first kappa shape index (κ1) is 12.6. The molecule has 0 unspecified atom stereocenters. The molecule has 0 saturated carbocycles. The van der Waals surface area contributed by atoms with Crippen LogP contribution in [0.25, 0.3) is 0 Å². The van der Waals surface area contributed by atoms with Crippen molar-refractivity contribution in [3.05, 3.63) is 52.7 Å². The molecule has 0 bridgehead atoms. The molecule has 2 N–H and O–H groups in total. The van der Waals surface area contributed by atoms with Crippen LogP contribution in [0.15, 0.2) is 30.5 Å². The molecule has 18 heavy (non-hydrogen) atoms. The van der Waals surface area contributed by atoms with Gasteiger partial charge in [-0.1, -0.05) is 6.07 Å². The van der Waals surface area contributed by atoms with E-state index in [1.54, 1.807) is 6.20 Å². The molecule has 0 fully saturated rings. The minimum atomic E-state index is 0.491. The molecule has 1 aromatic carbocycles. The molecule has 0 aliphatic rings. The van der Waals surface area contributed by atoms with Gasteiger partial charge in [0.1, 0.15) is 5.75 Å². The van der Waals surface area contributed by atoms with Crippen LogP contribution < -0.4 is 10.5 Å². The van der Waals surface area contributed by atoms with Crippen molar-refractivity contribution in [1.29, 1.82) is 0 Å². The largest absolute Gasteiger partial charge is 0.439 e. The van der Waals surface area contributed by atoms with Gasteiger partial charge >= 0.3 is 0 Å². The van der Waals surface area contributed by atoms with Crippen molar-refractivity contribution < 1.29 is 4.74 Å². The minimum Gasteiger partial charge on any atom is -0.439 e. The van der Waals surface area contributed by atoms with Crippen molar-refractivity contribution in [2.75, 3.05) is 0 Å². The van der Waals surface area contributed by atoms with Crippen LogP contribution in [0.2, 0.25) is 0 Å². The molecule has 0 saturated heterocycles. The van der Waals surface area contributed by atoms with E-state index in [-0.39, 0.29) is 0 Å². The number of ether oxygens (including phenoxy) is 1. The number of aryl methyl sites for hydroxylation is 2. The lowest BCUT2D eigenvalue weighted by molar-refractivity contribution is 0.458. The zero-order chi connectivity index (χ0) is 13.1. The van der Waals surface area contributed by atoms with Crippen molar-refractivity contribution in [2.24, 2.45) is 5.73 Å². The zero-order valence-electron chi connectivity index (χ0n) is 11.0. The van der Waals surface area contributed by atoms with Crippen LogP contribution >= 0.6 is 0 Å². The highest BCUT2D eigenvalue weighted by Crippen LogP contribution is 2.27. The van der Waals surface area contributed by atoms with Gasteiger partial charge in [0.2, 0.25) is 5.88 Å². The topological polar surface area (TPSA) is 48.1 Å². The van der Waals surface area contributed by atoms with Crippen LogP contribution in [0.1, 0.15) is 22.3 Å². The summed E-state index contributed by atoms with van der Waals surface area (Å²) in [5.74, 6) is 1.44. The van der Waals surface area contributed by atoms with Gasteiger partial charge < -0.3 is 10.5 Å². The second-order valence-electron chi connectivity index (χ2n) is 4.51. The number of pyridine rings is 1. The highest BCUT2D eigenvalue weighted by Gasteiger charge is 2.06. The Morgan fingerprint density at radius 3 is 2.67 bits per heavy atom. The lowest BCUT2D eigenvalue weighted by Gasteiger charge is -2.11. The minimum absolute atomic E-state index is 0.491. The Labute approximate surface area is 108 Å². The fraction of sp³-hybridized carbons (Fsp3) is 0.267. The molecule has 2 aromatic rings. The van der Waals surface area contributed by atoms with Gasteiger partial charge in [0.05, 0.1) is 0 Å². The van der Waals surface area contributed by atoms with Crippen molar-refractivity contribution in [2.45, 2.75) is 27.3 Å². The van der Waals surface area contributed by atoms with E-state index in [4.69, 9.17) is 10.5 Å². The Hall–Kier alpha value is -1.87. The molecular formula is C15H18N2O. The van der Waals surface area contributed by atoms with Crippen LogP contribution in [-0.2, 0) is 6.54 Å². The molecule has 0 spiro atoms. The Bertz CT molecular complexity index is 564. The summed E-state index contributed by atoms with van der Waals surface area (Å²) in [6, 6.07) is 7.93. The van der Waals surface area contributed by atoms with Gasteiger partial charge in [-0.15, -0.1) is 0 Å². The lowest BCUT2D eigenvalue weighted by atomic mass is 10.1. The summed E-state index contributed by atoms with van der Waals surface area (Å²) in [5.41, 5.74) is 10.2. The zero-order valence-corrected chi connectivity index (χ0v) is 11.0. The fourth-order valence-corrected chi connectivity index (χ4v) is 1.85. The van der Waals surface area contributed by atoms with Gasteiger partial charge in [-0.2, -0.15) is 0 Å². The quantitative estimate of drug-likeness (QED) is 0.898. The maximum absolute atomic E-state index is 5.85. The molecule has 0 aliphatic heterocycles. The van der Waals surface area contributed by atoms with Gasteiger partial charge in [-0.25, -0.2) is 4.98 Å².